The monoisotopic (exact) mass is 477 g/mol. The molecule has 10 heteroatoms. The molecular formula is C21H21Cl2N5O2S. The topological polar surface area (TPSA) is 66.5 Å². The minimum Gasteiger partial charge on any atom is -0.409 e. The van der Waals surface area contributed by atoms with Crippen LogP contribution in [0.15, 0.2) is 52.9 Å². The summed E-state index contributed by atoms with van der Waals surface area (Å²) < 4.78 is 7.30. The lowest BCUT2D eigenvalue weighted by Crippen LogP contribution is -2.48. The minimum absolute atomic E-state index is 0.0790. The van der Waals surface area contributed by atoms with Crippen molar-refractivity contribution in [3.63, 3.8) is 0 Å². The second-order valence-electron chi connectivity index (χ2n) is 7.22. The molecule has 3 aromatic rings. The SMILES string of the molecule is O=C(CN1CCN(Cn2nc(-c3ccccc3Cl)oc2=S)CC1)Nc1ccccc1Cl. The van der Waals surface area contributed by atoms with Gasteiger partial charge in [-0.05, 0) is 36.5 Å². The number of benzene rings is 2. The van der Waals surface area contributed by atoms with E-state index in [1.165, 1.54) is 0 Å². The fraction of sp³-hybridized carbons (Fsp3) is 0.286. The van der Waals surface area contributed by atoms with Gasteiger partial charge in [0, 0.05) is 26.2 Å². The number of piperazine rings is 1. The van der Waals surface area contributed by atoms with Crippen LogP contribution in [0.3, 0.4) is 0 Å². The van der Waals surface area contributed by atoms with Crippen LogP contribution in [-0.4, -0.2) is 58.2 Å². The van der Waals surface area contributed by atoms with E-state index < -0.39 is 0 Å². The van der Waals surface area contributed by atoms with E-state index in [2.05, 4.69) is 20.2 Å². The van der Waals surface area contributed by atoms with Crippen LogP contribution in [0.1, 0.15) is 0 Å². The second kappa shape index (κ2) is 9.93. The van der Waals surface area contributed by atoms with E-state index in [4.69, 9.17) is 39.8 Å². The molecule has 0 unspecified atom stereocenters. The number of hydrogen-bond acceptors (Lipinski definition) is 6. The molecule has 0 aliphatic carbocycles. The van der Waals surface area contributed by atoms with Crippen molar-refractivity contribution in [3.05, 3.63) is 63.4 Å². The molecule has 1 aromatic heterocycles. The van der Waals surface area contributed by atoms with Gasteiger partial charge in [0.25, 0.3) is 4.84 Å². The molecule has 2 heterocycles. The molecule has 0 radical (unpaired) electrons. The summed E-state index contributed by atoms with van der Waals surface area (Å²) >= 11 is 17.7. The van der Waals surface area contributed by atoms with Gasteiger partial charge in [0.05, 0.1) is 34.5 Å². The average Bonchev–Trinajstić information content (AvgIpc) is 3.11. The number of rotatable bonds is 6. The Balaban J connectivity index is 1.30. The normalized spacial score (nSPS) is 15.2. The van der Waals surface area contributed by atoms with Crippen LogP contribution in [0.4, 0.5) is 5.69 Å². The van der Waals surface area contributed by atoms with E-state index in [1.54, 1.807) is 22.9 Å². The van der Waals surface area contributed by atoms with Crippen LogP contribution in [0, 0.1) is 4.84 Å². The first-order valence-corrected chi connectivity index (χ1v) is 11.0. The van der Waals surface area contributed by atoms with E-state index >= 15 is 0 Å². The Bertz CT molecular complexity index is 1120. The van der Waals surface area contributed by atoms with Gasteiger partial charge in [0.15, 0.2) is 0 Å². The van der Waals surface area contributed by atoms with Gasteiger partial charge in [-0.1, -0.05) is 47.5 Å². The van der Waals surface area contributed by atoms with Gasteiger partial charge in [-0.15, -0.1) is 5.10 Å². The van der Waals surface area contributed by atoms with Crippen molar-refractivity contribution in [1.82, 2.24) is 19.6 Å². The molecule has 1 N–H and O–H groups in total. The Morgan fingerprint density at radius 1 is 1.00 bits per heavy atom. The van der Waals surface area contributed by atoms with Crippen molar-refractivity contribution in [2.75, 3.05) is 38.0 Å². The zero-order valence-corrected chi connectivity index (χ0v) is 19.0. The Morgan fingerprint density at radius 3 is 2.35 bits per heavy atom. The number of anilines is 1. The third-order valence-corrected chi connectivity index (χ3v) is 5.98. The fourth-order valence-corrected chi connectivity index (χ4v) is 3.95. The lowest BCUT2D eigenvalue weighted by atomic mass is 10.2. The molecule has 1 aliphatic heterocycles. The van der Waals surface area contributed by atoms with Gasteiger partial charge in [-0.25, -0.2) is 4.68 Å². The van der Waals surface area contributed by atoms with E-state index in [-0.39, 0.29) is 5.91 Å². The summed E-state index contributed by atoms with van der Waals surface area (Å²) in [5.74, 6) is 0.329. The van der Waals surface area contributed by atoms with Crippen molar-refractivity contribution >= 4 is 47.0 Å². The lowest BCUT2D eigenvalue weighted by molar-refractivity contribution is -0.117. The summed E-state index contributed by atoms with van der Waals surface area (Å²) in [6, 6.07) is 14.6. The molecule has 4 rings (SSSR count). The molecule has 0 saturated carbocycles. The number of nitrogens with zero attached hydrogens (tertiary/aromatic N) is 4. The maximum absolute atomic E-state index is 12.3. The number of carbonyl (C=O) groups is 1. The Hall–Kier alpha value is -2.23. The highest BCUT2D eigenvalue weighted by atomic mass is 35.5. The molecular weight excluding hydrogens is 457 g/mol. The number of amides is 1. The third kappa shape index (κ3) is 5.53. The third-order valence-electron chi connectivity index (χ3n) is 5.02. The Kier molecular flexibility index (Phi) is 7.04. The Morgan fingerprint density at radius 2 is 1.65 bits per heavy atom. The molecule has 1 fully saturated rings. The highest BCUT2D eigenvalue weighted by Gasteiger charge is 2.21. The maximum atomic E-state index is 12.3. The van der Waals surface area contributed by atoms with Gasteiger partial charge in [-0.3, -0.25) is 14.6 Å². The lowest BCUT2D eigenvalue weighted by Gasteiger charge is -2.33. The van der Waals surface area contributed by atoms with Crippen LogP contribution in [-0.2, 0) is 11.5 Å². The van der Waals surface area contributed by atoms with Crippen LogP contribution in [0.2, 0.25) is 10.0 Å². The first-order valence-electron chi connectivity index (χ1n) is 9.81. The molecule has 7 nitrogen and oxygen atoms in total. The molecule has 162 valence electrons. The largest absolute Gasteiger partial charge is 0.409 e. The number of carbonyl (C=O) groups excluding carboxylic acids is 1. The van der Waals surface area contributed by atoms with Crippen LogP contribution in [0.5, 0.6) is 0 Å². The van der Waals surface area contributed by atoms with Crippen molar-refractivity contribution in [3.8, 4) is 11.5 Å². The highest BCUT2D eigenvalue weighted by Crippen LogP contribution is 2.26. The molecule has 0 bridgehead atoms. The number of para-hydroxylation sites is 1. The maximum Gasteiger partial charge on any atom is 0.288 e. The zero-order chi connectivity index (χ0) is 21.8. The van der Waals surface area contributed by atoms with E-state index in [0.29, 0.717) is 45.2 Å². The van der Waals surface area contributed by atoms with Crippen molar-refractivity contribution in [1.29, 1.82) is 0 Å². The molecule has 1 aliphatic rings. The number of halogens is 2. The van der Waals surface area contributed by atoms with Crippen LogP contribution in [0.25, 0.3) is 11.5 Å². The van der Waals surface area contributed by atoms with E-state index in [9.17, 15) is 4.79 Å². The van der Waals surface area contributed by atoms with Crippen LogP contribution < -0.4 is 5.32 Å². The molecule has 0 atom stereocenters. The predicted octanol–water partition coefficient (Wildman–Crippen LogP) is 4.39. The molecule has 1 saturated heterocycles. The quantitative estimate of drug-likeness (QED) is 0.530. The smallest absolute Gasteiger partial charge is 0.288 e. The molecule has 1 amide bonds. The second-order valence-corrected chi connectivity index (χ2v) is 8.38. The van der Waals surface area contributed by atoms with Gasteiger partial charge in [0.2, 0.25) is 11.8 Å². The van der Waals surface area contributed by atoms with Crippen molar-refractivity contribution < 1.29 is 9.21 Å². The van der Waals surface area contributed by atoms with E-state index in [0.717, 1.165) is 26.2 Å². The first kappa shape index (κ1) is 22.0. The number of nitrogens with one attached hydrogen (secondary N) is 1. The first-order chi connectivity index (χ1) is 15.0. The van der Waals surface area contributed by atoms with Gasteiger partial charge >= 0.3 is 0 Å². The van der Waals surface area contributed by atoms with Gasteiger partial charge in [0.1, 0.15) is 0 Å². The number of aromatic nitrogens is 2. The van der Waals surface area contributed by atoms with Crippen molar-refractivity contribution in [2.45, 2.75) is 6.67 Å². The zero-order valence-electron chi connectivity index (χ0n) is 16.6. The summed E-state index contributed by atoms with van der Waals surface area (Å²) in [6.45, 7) is 3.94. The predicted molar refractivity (Wildman–Crippen MR) is 124 cm³/mol. The van der Waals surface area contributed by atoms with Gasteiger partial charge in [-0.2, -0.15) is 0 Å². The summed E-state index contributed by atoms with van der Waals surface area (Å²) in [5, 5.41) is 8.44. The van der Waals surface area contributed by atoms with Crippen LogP contribution >= 0.6 is 35.4 Å². The molecule has 0 spiro atoms. The Labute approximate surface area is 195 Å². The van der Waals surface area contributed by atoms with E-state index in [1.807, 2.05) is 30.3 Å². The summed E-state index contributed by atoms with van der Waals surface area (Å²) in [7, 11) is 0. The standard InChI is InChI=1S/C21H21Cl2N5O2S/c22-16-6-2-1-5-15(16)20-25-28(21(31)30-20)14-27-11-9-26(10-12-27)13-19(29)24-18-8-4-3-7-17(18)23/h1-8H,9-14H2,(H,24,29). The molecule has 2 aromatic carbocycles. The fourth-order valence-electron chi connectivity index (χ4n) is 3.37. The molecule has 31 heavy (non-hydrogen) atoms. The van der Waals surface area contributed by atoms with Crippen molar-refractivity contribution in [2.24, 2.45) is 0 Å². The number of hydrogen-bond donors (Lipinski definition) is 1. The summed E-state index contributed by atoms with van der Waals surface area (Å²) in [6.07, 6.45) is 0. The van der Waals surface area contributed by atoms with Gasteiger partial charge < -0.3 is 9.73 Å². The summed E-state index contributed by atoms with van der Waals surface area (Å²) in [5.41, 5.74) is 1.34. The highest BCUT2D eigenvalue weighted by molar-refractivity contribution is 7.71. The average molecular weight is 478 g/mol. The summed E-state index contributed by atoms with van der Waals surface area (Å²) in [4.78, 5) is 17.0. The minimum atomic E-state index is -0.0790.